The topological polar surface area (TPSA) is 73.2 Å². The standard InChI is InChI=1S/C22H21N3O3/c1-13-8-14(2)10-17(9-13)25-20(11-15(3)24-25)23-21(26)19-12-16-6-4-5-7-18(16)22(27)28-19/h4-11,19H,12H2,1-3H3,(H,23,26). The zero-order chi connectivity index (χ0) is 19.8. The molecule has 1 aliphatic rings. The first-order valence-corrected chi connectivity index (χ1v) is 9.16. The normalized spacial score (nSPS) is 15.7. The number of amides is 1. The number of hydrogen-bond donors (Lipinski definition) is 1. The number of carbonyl (C=O) groups excluding carboxylic acids is 2. The van der Waals surface area contributed by atoms with Gasteiger partial charge in [0.2, 0.25) is 0 Å². The Labute approximate surface area is 163 Å². The third-order valence-corrected chi connectivity index (χ3v) is 4.72. The number of ether oxygens (including phenoxy) is 1. The van der Waals surface area contributed by atoms with E-state index in [9.17, 15) is 9.59 Å². The summed E-state index contributed by atoms with van der Waals surface area (Å²) in [6.07, 6.45) is -0.518. The Balaban J connectivity index is 1.60. The Morgan fingerprint density at radius 3 is 2.57 bits per heavy atom. The lowest BCUT2D eigenvalue weighted by Crippen LogP contribution is -2.38. The fourth-order valence-corrected chi connectivity index (χ4v) is 3.54. The molecule has 0 bridgehead atoms. The van der Waals surface area contributed by atoms with Crippen molar-refractivity contribution >= 4 is 17.7 Å². The number of esters is 1. The number of carbonyl (C=O) groups is 2. The molecule has 1 aromatic heterocycles. The van der Waals surface area contributed by atoms with E-state index in [0.717, 1.165) is 28.1 Å². The van der Waals surface area contributed by atoms with E-state index in [0.29, 0.717) is 17.8 Å². The number of aryl methyl sites for hydroxylation is 3. The van der Waals surface area contributed by atoms with E-state index in [1.54, 1.807) is 22.9 Å². The van der Waals surface area contributed by atoms with Gasteiger partial charge in [-0.1, -0.05) is 24.3 Å². The predicted molar refractivity (Wildman–Crippen MR) is 106 cm³/mol. The third kappa shape index (κ3) is 3.41. The van der Waals surface area contributed by atoms with Gasteiger partial charge in [-0.05, 0) is 55.7 Å². The van der Waals surface area contributed by atoms with Gasteiger partial charge in [0.1, 0.15) is 5.82 Å². The van der Waals surface area contributed by atoms with E-state index in [4.69, 9.17) is 4.74 Å². The van der Waals surface area contributed by atoms with Gasteiger partial charge < -0.3 is 10.1 Å². The van der Waals surface area contributed by atoms with Gasteiger partial charge in [-0.15, -0.1) is 0 Å². The summed E-state index contributed by atoms with van der Waals surface area (Å²) in [6.45, 7) is 5.90. The van der Waals surface area contributed by atoms with Gasteiger partial charge in [0.15, 0.2) is 6.10 Å². The molecule has 1 N–H and O–H groups in total. The van der Waals surface area contributed by atoms with Crippen molar-refractivity contribution in [3.05, 3.63) is 76.5 Å². The average Bonchev–Trinajstić information content (AvgIpc) is 3.01. The summed E-state index contributed by atoms with van der Waals surface area (Å²) in [4.78, 5) is 25.0. The Bertz CT molecular complexity index is 1060. The minimum absolute atomic E-state index is 0.352. The highest BCUT2D eigenvalue weighted by Crippen LogP contribution is 2.23. The molecule has 0 aliphatic carbocycles. The summed E-state index contributed by atoms with van der Waals surface area (Å²) in [6, 6.07) is 15.1. The van der Waals surface area contributed by atoms with E-state index >= 15 is 0 Å². The van der Waals surface area contributed by atoms with Gasteiger partial charge >= 0.3 is 5.97 Å². The van der Waals surface area contributed by atoms with Crippen LogP contribution in [-0.4, -0.2) is 27.8 Å². The van der Waals surface area contributed by atoms with E-state index in [1.165, 1.54) is 0 Å². The Morgan fingerprint density at radius 2 is 1.82 bits per heavy atom. The predicted octanol–water partition coefficient (Wildman–Crippen LogP) is 3.52. The lowest BCUT2D eigenvalue weighted by molar-refractivity contribution is -0.125. The van der Waals surface area contributed by atoms with Gasteiger partial charge in [0.25, 0.3) is 5.91 Å². The van der Waals surface area contributed by atoms with Crippen LogP contribution in [0.3, 0.4) is 0 Å². The van der Waals surface area contributed by atoms with Gasteiger partial charge in [0, 0.05) is 12.5 Å². The molecule has 2 aromatic carbocycles. The number of anilines is 1. The van der Waals surface area contributed by atoms with Gasteiger partial charge in [-0.2, -0.15) is 5.10 Å². The Morgan fingerprint density at radius 1 is 1.11 bits per heavy atom. The minimum atomic E-state index is -0.870. The molecule has 1 amide bonds. The van der Waals surface area contributed by atoms with Crippen LogP contribution in [-0.2, 0) is 16.0 Å². The molecule has 6 heteroatoms. The molecular formula is C22H21N3O3. The van der Waals surface area contributed by atoms with Crippen LogP contribution in [0.4, 0.5) is 5.82 Å². The minimum Gasteiger partial charge on any atom is -0.448 e. The fourth-order valence-electron chi connectivity index (χ4n) is 3.54. The number of nitrogens with zero attached hydrogens (tertiary/aromatic N) is 2. The number of benzene rings is 2. The monoisotopic (exact) mass is 375 g/mol. The zero-order valence-corrected chi connectivity index (χ0v) is 16.0. The second-order valence-corrected chi connectivity index (χ2v) is 7.17. The lowest BCUT2D eigenvalue weighted by atomic mass is 9.98. The third-order valence-electron chi connectivity index (χ3n) is 4.72. The quantitative estimate of drug-likeness (QED) is 0.711. The molecule has 4 rings (SSSR count). The van der Waals surface area contributed by atoms with Crippen LogP contribution in [0.5, 0.6) is 0 Å². The van der Waals surface area contributed by atoms with Crippen molar-refractivity contribution in [2.45, 2.75) is 33.3 Å². The molecule has 28 heavy (non-hydrogen) atoms. The summed E-state index contributed by atoms with van der Waals surface area (Å²) in [5, 5.41) is 7.38. The smallest absolute Gasteiger partial charge is 0.339 e. The van der Waals surface area contributed by atoms with Crippen molar-refractivity contribution < 1.29 is 14.3 Å². The highest BCUT2D eigenvalue weighted by Gasteiger charge is 2.31. The second kappa shape index (κ2) is 6.96. The van der Waals surface area contributed by atoms with Crippen molar-refractivity contribution in [1.29, 1.82) is 0 Å². The molecule has 0 spiro atoms. The van der Waals surface area contributed by atoms with Crippen LogP contribution in [0.1, 0.15) is 32.7 Å². The first-order valence-electron chi connectivity index (χ1n) is 9.16. The molecule has 1 atom stereocenters. The van der Waals surface area contributed by atoms with Crippen LogP contribution in [0.15, 0.2) is 48.5 Å². The maximum Gasteiger partial charge on any atom is 0.339 e. The SMILES string of the molecule is Cc1cc(C)cc(-n2nc(C)cc2NC(=O)C2Cc3ccccc3C(=O)O2)c1. The van der Waals surface area contributed by atoms with E-state index < -0.39 is 12.1 Å². The van der Waals surface area contributed by atoms with E-state index in [-0.39, 0.29) is 5.91 Å². The molecule has 0 saturated heterocycles. The van der Waals surface area contributed by atoms with Crippen LogP contribution in [0, 0.1) is 20.8 Å². The molecule has 1 aliphatic heterocycles. The van der Waals surface area contributed by atoms with Crippen LogP contribution >= 0.6 is 0 Å². The summed E-state index contributed by atoms with van der Waals surface area (Å²) in [5.74, 6) is -0.295. The largest absolute Gasteiger partial charge is 0.448 e. The molecule has 0 fully saturated rings. The van der Waals surface area contributed by atoms with Crippen LogP contribution < -0.4 is 5.32 Å². The maximum absolute atomic E-state index is 12.8. The number of rotatable bonds is 3. The number of nitrogens with one attached hydrogen (secondary N) is 1. The Kier molecular flexibility index (Phi) is 4.47. The summed E-state index contributed by atoms with van der Waals surface area (Å²) in [5.41, 5.74) is 5.20. The molecule has 2 heterocycles. The van der Waals surface area contributed by atoms with Crippen molar-refractivity contribution in [1.82, 2.24) is 9.78 Å². The number of cyclic esters (lactones) is 1. The summed E-state index contributed by atoms with van der Waals surface area (Å²) < 4.78 is 7.06. The van der Waals surface area contributed by atoms with Gasteiger partial charge in [-0.3, -0.25) is 4.79 Å². The van der Waals surface area contributed by atoms with Crippen molar-refractivity contribution in [2.75, 3.05) is 5.32 Å². The maximum atomic E-state index is 12.8. The Hall–Kier alpha value is -3.41. The van der Waals surface area contributed by atoms with E-state index in [2.05, 4.69) is 16.5 Å². The van der Waals surface area contributed by atoms with Crippen molar-refractivity contribution in [3.8, 4) is 5.69 Å². The van der Waals surface area contributed by atoms with E-state index in [1.807, 2.05) is 45.0 Å². The van der Waals surface area contributed by atoms with Crippen LogP contribution in [0.2, 0.25) is 0 Å². The molecule has 6 nitrogen and oxygen atoms in total. The zero-order valence-electron chi connectivity index (χ0n) is 16.0. The molecule has 0 radical (unpaired) electrons. The van der Waals surface area contributed by atoms with Gasteiger partial charge in [0.05, 0.1) is 16.9 Å². The van der Waals surface area contributed by atoms with Gasteiger partial charge in [-0.25, -0.2) is 9.48 Å². The first kappa shape index (κ1) is 18.0. The second-order valence-electron chi connectivity index (χ2n) is 7.17. The summed E-state index contributed by atoms with van der Waals surface area (Å²) in [7, 11) is 0. The average molecular weight is 375 g/mol. The molecule has 0 saturated carbocycles. The fraction of sp³-hybridized carbons (Fsp3) is 0.227. The molecular weight excluding hydrogens is 354 g/mol. The number of aromatic nitrogens is 2. The summed E-state index contributed by atoms with van der Waals surface area (Å²) >= 11 is 0. The number of fused-ring (bicyclic) bond motifs is 1. The number of hydrogen-bond acceptors (Lipinski definition) is 4. The van der Waals surface area contributed by atoms with Crippen LogP contribution in [0.25, 0.3) is 5.69 Å². The lowest BCUT2D eigenvalue weighted by Gasteiger charge is -2.23. The molecule has 3 aromatic rings. The van der Waals surface area contributed by atoms with Crippen molar-refractivity contribution in [3.63, 3.8) is 0 Å². The highest BCUT2D eigenvalue weighted by atomic mass is 16.5. The van der Waals surface area contributed by atoms with Crippen molar-refractivity contribution in [2.24, 2.45) is 0 Å². The molecule has 1 unspecified atom stereocenters. The first-order chi connectivity index (χ1) is 13.4. The highest BCUT2D eigenvalue weighted by molar-refractivity contribution is 5.99. The molecule has 142 valence electrons.